The number of carbonyl (C=O) groups is 3. The summed E-state index contributed by atoms with van der Waals surface area (Å²) in [5.74, 6) is -0.0668. The first-order valence-electron chi connectivity index (χ1n) is 25.9. The maximum absolute atomic E-state index is 12.7. The molecule has 1 atom stereocenters. The van der Waals surface area contributed by atoms with E-state index in [0.717, 1.165) is 63.7 Å². The second-order valence-electron chi connectivity index (χ2n) is 18.3. The lowest BCUT2D eigenvalue weighted by molar-refractivity contribution is -0.167. The van der Waals surface area contributed by atoms with E-state index in [-0.39, 0.29) is 31.1 Å². The Bertz CT molecular complexity index is 872. The van der Waals surface area contributed by atoms with Crippen LogP contribution in [0.25, 0.3) is 0 Å². The zero-order chi connectivity index (χ0) is 42.4. The van der Waals surface area contributed by atoms with Crippen LogP contribution in [-0.2, 0) is 28.6 Å². The molecule has 0 saturated heterocycles. The van der Waals surface area contributed by atoms with Gasteiger partial charge in [0.05, 0.1) is 0 Å². The predicted octanol–water partition coefficient (Wildman–Crippen LogP) is 16.7. The summed E-state index contributed by atoms with van der Waals surface area (Å²) in [5, 5.41) is 0. The third kappa shape index (κ3) is 45.5. The van der Waals surface area contributed by atoms with Crippen LogP contribution in [-0.4, -0.2) is 37.2 Å². The van der Waals surface area contributed by atoms with Crippen molar-refractivity contribution in [3.8, 4) is 0 Å². The lowest BCUT2D eigenvalue weighted by Crippen LogP contribution is -2.30. The molecule has 0 amide bonds. The molecule has 0 spiro atoms. The fraction of sp³-hybridized carbons (Fsp3) is 0.942. The zero-order valence-corrected chi connectivity index (χ0v) is 39.5. The lowest BCUT2D eigenvalue weighted by atomic mass is 10.0. The normalized spacial score (nSPS) is 11.9. The Morgan fingerprint density at radius 2 is 0.569 bits per heavy atom. The van der Waals surface area contributed by atoms with Crippen LogP contribution in [0.5, 0.6) is 0 Å². The summed E-state index contributed by atoms with van der Waals surface area (Å²) in [4.78, 5) is 37.9. The van der Waals surface area contributed by atoms with Crippen LogP contribution >= 0.6 is 0 Å². The second kappa shape index (κ2) is 46.5. The Kier molecular flexibility index (Phi) is 45.2. The Morgan fingerprint density at radius 1 is 0.328 bits per heavy atom. The number of carbonyl (C=O) groups excluding carboxylic acids is 3. The summed E-state index contributed by atoms with van der Waals surface area (Å²) in [5.41, 5.74) is 0. The Hall–Kier alpha value is -1.59. The van der Waals surface area contributed by atoms with Gasteiger partial charge in [0.1, 0.15) is 13.2 Å². The molecule has 0 heterocycles. The minimum absolute atomic E-state index is 0.0633. The summed E-state index contributed by atoms with van der Waals surface area (Å²) in [6.45, 7) is 8.97. The third-order valence-corrected chi connectivity index (χ3v) is 11.8. The summed E-state index contributed by atoms with van der Waals surface area (Å²) >= 11 is 0. The van der Waals surface area contributed by atoms with Gasteiger partial charge in [-0.25, -0.2) is 0 Å². The van der Waals surface area contributed by atoms with E-state index in [2.05, 4.69) is 27.7 Å². The first kappa shape index (κ1) is 56.4. The molecular formula is C52H100O6. The highest BCUT2D eigenvalue weighted by atomic mass is 16.6. The summed E-state index contributed by atoms with van der Waals surface area (Å²) in [7, 11) is 0. The van der Waals surface area contributed by atoms with Crippen molar-refractivity contribution in [2.45, 2.75) is 297 Å². The average Bonchev–Trinajstić information content (AvgIpc) is 3.21. The van der Waals surface area contributed by atoms with Gasteiger partial charge in [-0.05, 0) is 25.2 Å². The lowest BCUT2D eigenvalue weighted by Gasteiger charge is -2.18. The first-order chi connectivity index (χ1) is 28.4. The van der Waals surface area contributed by atoms with Crippen LogP contribution in [0.15, 0.2) is 0 Å². The molecule has 0 unspecified atom stereocenters. The SMILES string of the molecule is CCCCCCCCCCCCCCCCCCCCC(=O)OC[C@H](COC(=O)CCCCCCCCCC(C)C)OC(=O)CCCCCCCCCCCCCC. The molecule has 0 rings (SSSR count). The number of esters is 3. The quantitative estimate of drug-likeness (QED) is 0.0346. The van der Waals surface area contributed by atoms with Crippen molar-refractivity contribution in [1.82, 2.24) is 0 Å². The van der Waals surface area contributed by atoms with Crippen molar-refractivity contribution in [2.24, 2.45) is 5.92 Å². The number of ether oxygens (including phenoxy) is 3. The van der Waals surface area contributed by atoms with Gasteiger partial charge in [-0.2, -0.15) is 0 Å². The van der Waals surface area contributed by atoms with Crippen molar-refractivity contribution >= 4 is 17.9 Å². The van der Waals surface area contributed by atoms with Crippen LogP contribution < -0.4 is 0 Å². The van der Waals surface area contributed by atoms with Crippen molar-refractivity contribution < 1.29 is 28.6 Å². The van der Waals surface area contributed by atoms with Crippen LogP contribution in [0.1, 0.15) is 291 Å². The highest BCUT2D eigenvalue weighted by Crippen LogP contribution is 2.17. The van der Waals surface area contributed by atoms with Gasteiger partial charge in [-0.15, -0.1) is 0 Å². The molecule has 58 heavy (non-hydrogen) atoms. The molecule has 0 aromatic rings. The van der Waals surface area contributed by atoms with Crippen LogP contribution in [0.2, 0.25) is 0 Å². The van der Waals surface area contributed by atoms with Crippen molar-refractivity contribution in [2.75, 3.05) is 13.2 Å². The zero-order valence-electron chi connectivity index (χ0n) is 39.5. The van der Waals surface area contributed by atoms with Gasteiger partial charge in [-0.1, -0.05) is 252 Å². The first-order valence-corrected chi connectivity index (χ1v) is 25.9. The molecule has 0 bridgehead atoms. The van der Waals surface area contributed by atoms with Gasteiger partial charge in [0.2, 0.25) is 0 Å². The van der Waals surface area contributed by atoms with Gasteiger partial charge in [0, 0.05) is 19.3 Å². The number of rotatable bonds is 47. The standard InChI is InChI=1S/C52H100O6/c1-5-7-9-11-13-15-17-19-20-21-22-23-24-26-27-31-35-39-43-50(53)56-46-49(47-57-51(54)44-40-36-33-29-30-34-38-42-48(3)4)58-52(55)45-41-37-32-28-25-18-16-14-12-10-8-6-2/h48-49H,5-47H2,1-4H3/t49-/m1/s1. The van der Waals surface area contributed by atoms with Crippen molar-refractivity contribution in [1.29, 1.82) is 0 Å². The number of hydrogen-bond acceptors (Lipinski definition) is 6. The van der Waals surface area contributed by atoms with Gasteiger partial charge in [-0.3, -0.25) is 14.4 Å². The van der Waals surface area contributed by atoms with Gasteiger partial charge in [0.25, 0.3) is 0 Å². The molecular weight excluding hydrogens is 721 g/mol. The van der Waals surface area contributed by atoms with Crippen molar-refractivity contribution in [3.05, 3.63) is 0 Å². The molecule has 0 aromatic heterocycles. The molecule has 0 aliphatic rings. The van der Waals surface area contributed by atoms with E-state index >= 15 is 0 Å². The fourth-order valence-electron chi connectivity index (χ4n) is 7.86. The highest BCUT2D eigenvalue weighted by molar-refractivity contribution is 5.71. The van der Waals surface area contributed by atoms with E-state index in [0.29, 0.717) is 19.3 Å². The van der Waals surface area contributed by atoms with Gasteiger partial charge >= 0.3 is 17.9 Å². The number of unbranched alkanes of at least 4 members (excludes halogenated alkanes) is 34. The van der Waals surface area contributed by atoms with Gasteiger partial charge in [0.15, 0.2) is 6.10 Å². The van der Waals surface area contributed by atoms with Gasteiger partial charge < -0.3 is 14.2 Å². The van der Waals surface area contributed by atoms with Crippen LogP contribution in [0.4, 0.5) is 0 Å². The molecule has 6 nitrogen and oxygen atoms in total. The fourth-order valence-corrected chi connectivity index (χ4v) is 7.86. The van der Waals surface area contributed by atoms with E-state index in [1.165, 1.54) is 186 Å². The minimum Gasteiger partial charge on any atom is -0.462 e. The van der Waals surface area contributed by atoms with E-state index < -0.39 is 6.10 Å². The van der Waals surface area contributed by atoms with E-state index in [1.807, 2.05) is 0 Å². The molecule has 0 aliphatic carbocycles. The smallest absolute Gasteiger partial charge is 0.306 e. The highest BCUT2D eigenvalue weighted by Gasteiger charge is 2.19. The van der Waals surface area contributed by atoms with Crippen molar-refractivity contribution in [3.63, 3.8) is 0 Å². The molecule has 0 saturated carbocycles. The van der Waals surface area contributed by atoms with Crippen LogP contribution in [0, 0.1) is 5.92 Å². The monoisotopic (exact) mass is 821 g/mol. The molecule has 344 valence electrons. The molecule has 0 aromatic carbocycles. The maximum Gasteiger partial charge on any atom is 0.306 e. The largest absolute Gasteiger partial charge is 0.462 e. The molecule has 0 fully saturated rings. The Morgan fingerprint density at radius 3 is 0.845 bits per heavy atom. The van der Waals surface area contributed by atoms with Crippen LogP contribution in [0.3, 0.4) is 0 Å². The average molecular weight is 821 g/mol. The summed E-state index contributed by atoms with van der Waals surface area (Å²) < 4.78 is 16.8. The number of hydrogen-bond donors (Lipinski definition) is 0. The summed E-state index contributed by atoms with van der Waals surface area (Å²) in [6, 6.07) is 0. The predicted molar refractivity (Wildman–Crippen MR) is 247 cm³/mol. The molecule has 0 N–H and O–H groups in total. The third-order valence-electron chi connectivity index (χ3n) is 11.8. The molecule has 6 heteroatoms. The molecule has 0 aliphatic heterocycles. The second-order valence-corrected chi connectivity index (χ2v) is 18.3. The Labute approximate surface area is 361 Å². The van der Waals surface area contributed by atoms with E-state index in [9.17, 15) is 14.4 Å². The Balaban J connectivity index is 4.24. The van der Waals surface area contributed by atoms with E-state index in [1.54, 1.807) is 0 Å². The topological polar surface area (TPSA) is 78.9 Å². The van der Waals surface area contributed by atoms with E-state index in [4.69, 9.17) is 14.2 Å². The molecule has 0 radical (unpaired) electrons. The summed E-state index contributed by atoms with van der Waals surface area (Å²) in [6.07, 6.45) is 48.1. The minimum atomic E-state index is -0.760. The maximum atomic E-state index is 12.7.